The van der Waals surface area contributed by atoms with Crippen LogP contribution >= 0.6 is 0 Å². The van der Waals surface area contributed by atoms with E-state index in [0.717, 1.165) is 18.9 Å². The zero-order chi connectivity index (χ0) is 14.5. The monoisotopic (exact) mass is 282 g/mol. The molecule has 0 saturated heterocycles. The molecule has 0 atom stereocenters. The lowest BCUT2D eigenvalue weighted by Crippen LogP contribution is -2.16. The fourth-order valence-corrected chi connectivity index (χ4v) is 2.38. The van der Waals surface area contributed by atoms with Gasteiger partial charge in [0.15, 0.2) is 0 Å². The summed E-state index contributed by atoms with van der Waals surface area (Å²) in [4.78, 5) is 10.9. The highest BCUT2D eigenvalue weighted by atomic mass is 19.1. The van der Waals surface area contributed by atoms with Gasteiger partial charge in [-0.15, -0.1) is 0 Å². The van der Waals surface area contributed by atoms with E-state index in [1.54, 1.807) is 0 Å². The topological polar surface area (TPSA) is 84.6 Å². The van der Waals surface area contributed by atoms with Crippen LogP contribution in [0.1, 0.15) is 36.0 Å². The van der Waals surface area contributed by atoms with Gasteiger partial charge < -0.3 is 20.9 Å². The van der Waals surface area contributed by atoms with Crippen LogP contribution in [0.2, 0.25) is 0 Å². The Hall–Kier alpha value is -1.82. The van der Waals surface area contributed by atoms with Crippen molar-refractivity contribution in [3.63, 3.8) is 0 Å². The van der Waals surface area contributed by atoms with E-state index in [1.165, 1.54) is 18.9 Å². The van der Waals surface area contributed by atoms with Crippen molar-refractivity contribution in [2.24, 2.45) is 0 Å². The number of halogens is 1. The van der Waals surface area contributed by atoms with Gasteiger partial charge in [0.25, 0.3) is 0 Å². The van der Waals surface area contributed by atoms with Gasteiger partial charge in [-0.05, 0) is 25.0 Å². The second kappa shape index (κ2) is 6.56. The molecule has 5 nitrogen and oxygen atoms in total. The van der Waals surface area contributed by atoms with Crippen LogP contribution in [0.15, 0.2) is 12.1 Å². The van der Waals surface area contributed by atoms with Crippen molar-refractivity contribution < 1.29 is 19.0 Å². The van der Waals surface area contributed by atoms with Crippen LogP contribution in [0.3, 0.4) is 0 Å². The molecule has 0 bridgehead atoms. The SMILES string of the molecule is Nc1cc(F)c(NCCOC2CCCC2)cc1C(=O)O. The van der Waals surface area contributed by atoms with E-state index < -0.39 is 11.8 Å². The summed E-state index contributed by atoms with van der Waals surface area (Å²) in [7, 11) is 0. The van der Waals surface area contributed by atoms with Gasteiger partial charge in [0.05, 0.1) is 24.0 Å². The zero-order valence-electron chi connectivity index (χ0n) is 11.2. The molecule has 1 aromatic carbocycles. The molecule has 1 fully saturated rings. The van der Waals surface area contributed by atoms with Crippen molar-refractivity contribution in [3.05, 3.63) is 23.5 Å². The first-order chi connectivity index (χ1) is 9.58. The van der Waals surface area contributed by atoms with Crippen molar-refractivity contribution in [1.82, 2.24) is 0 Å². The first-order valence-corrected chi connectivity index (χ1v) is 6.75. The molecule has 0 radical (unpaired) electrons. The van der Waals surface area contributed by atoms with Gasteiger partial charge in [0.1, 0.15) is 5.82 Å². The minimum atomic E-state index is -1.17. The zero-order valence-corrected chi connectivity index (χ0v) is 11.2. The lowest BCUT2D eigenvalue weighted by Gasteiger charge is -2.13. The smallest absolute Gasteiger partial charge is 0.337 e. The molecule has 0 aromatic heterocycles. The summed E-state index contributed by atoms with van der Waals surface area (Å²) in [5.74, 6) is -1.74. The number of carboxylic acids is 1. The molecule has 1 aliphatic carbocycles. The number of carbonyl (C=O) groups is 1. The third-order valence-electron chi connectivity index (χ3n) is 3.44. The van der Waals surface area contributed by atoms with E-state index in [1.807, 2.05) is 0 Å². The number of aromatic carboxylic acids is 1. The van der Waals surface area contributed by atoms with Crippen LogP contribution in [0.25, 0.3) is 0 Å². The summed E-state index contributed by atoms with van der Waals surface area (Å²) in [5, 5.41) is 11.8. The maximum atomic E-state index is 13.6. The molecule has 1 aromatic rings. The minimum Gasteiger partial charge on any atom is -0.478 e. The highest BCUT2D eigenvalue weighted by molar-refractivity contribution is 5.94. The fraction of sp³-hybridized carbons (Fsp3) is 0.500. The van der Waals surface area contributed by atoms with Crippen molar-refractivity contribution in [2.45, 2.75) is 31.8 Å². The molecule has 20 heavy (non-hydrogen) atoms. The number of carboxylic acid groups (broad SMARTS) is 1. The Morgan fingerprint density at radius 1 is 1.45 bits per heavy atom. The van der Waals surface area contributed by atoms with Crippen LogP contribution in [0, 0.1) is 5.82 Å². The Morgan fingerprint density at radius 2 is 2.15 bits per heavy atom. The third-order valence-corrected chi connectivity index (χ3v) is 3.44. The van der Waals surface area contributed by atoms with E-state index in [0.29, 0.717) is 19.3 Å². The number of nitrogen functional groups attached to an aromatic ring is 1. The van der Waals surface area contributed by atoms with Crippen LogP contribution in [-0.4, -0.2) is 30.3 Å². The Bertz CT molecular complexity index is 488. The van der Waals surface area contributed by atoms with E-state index in [9.17, 15) is 9.18 Å². The lowest BCUT2D eigenvalue weighted by molar-refractivity contribution is 0.0659. The molecule has 0 heterocycles. The lowest BCUT2D eigenvalue weighted by atomic mass is 10.1. The molecule has 110 valence electrons. The second-order valence-corrected chi connectivity index (χ2v) is 4.93. The normalized spacial score (nSPS) is 15.4. The molecule has 0 amide bonds. The number of anilines is 2. The fourth-order valence-electron chi connectivity index (χ4n) is 2.38. The molecule has 1 aliphatic rings. The summed E-state index contributed by atoms with van der Waals surface area (Å²) in [6.45, 7) is 0.896. The molecule has 0 aliphatic heterocycles. The Balaban J connectivity index is 1.88. The minimum absolute atomic E-state index is 0.0808. The summed E-state index contributed by atoms with van der Waals surface area (Å²) in [5.41, 5.74) is 5.40. The van der Waals surface area contributed by atoms with E-state index >= 15 is 0 Å². The number of hydrogen-bond donors (Lipinski definition) is 3. The molecule has 2 rings (SSSR count). The first kappa shape index (κ1) is 14.6. The van der Waals surface area contributed by atoms with Gasteiger partial charge >= 0.3 is 5.97 Å². The van der Waals surface area contributed by atoms with E-state index in [-0.39, 0.29) is 16.9 Å². The number of benzene rings is 1. The quantitative estimate of drug-likeness (QED) is 0.551. The molecule has 0 spiro atoms. The van der Waals surface area contributed by atoms with Gasteiger partial charge in [0, 0.05) is 12.2 Å². The van der Waals surface area contributed by atoms with E-state index in [2.05, 4.69) is 5.32 Å². The molecule has 0 unspecified atom stereocenters. The summed E-state index contributed by atoms with van der Waals surface area (Å²) in [6, 6.07) is 2.23. The number of nitrogens with two attached hydrogens (primary N) is 1. The Kier molecular flexibility index (Phi) is 4.79. The Morgan fingerprint density at radius 3 is 2.80 bits per heavy atom. The van der Waals surface area contributed by atoms with Gasteiger partial charge in [-0.3, -0.25) is 0 Å². The number of nitrogens with one attached hydrogen (secondary N) is 1. The summed E-state index contributed by atoms with van der Waals surface area (Å²) >= 11 is 0. The number of rotatable bonds is 6. The van der Waals surface area contributed by atoms with Gasteiger partial charge in [-0.2, -0.15) is 0 Å². The average molecular weight is 282 g/mol. The van der Waals surface area contributed by atoms with Crippen LogP contribution in [0.4, 0.5) is 15.8 Å². The van der Waals surface area contributed by atoms with Crippen molar-refractivity contribution in [1.29, 1.82) is 0 Å². The average Bonchev–Trinajstić information content (AvgIpc) is 2.89. The standard InChI is InChI=1S/C14H19FN2O3/c15-11-8-12(16)10(14(18)19)7-13(11)17-5-6-20-9-3-1-2-4-9/h7-9,17H,1-6,16H2,(H,18,19). The van der Waals surface area contributed by atoms with Gasteiger partial charge in [-0.1, -0.05) is 12.8 Å². The third kappa shape index (κ3) is 3.60. The van der Waals surface area contributed by atoms with Gasteiger partial charge in [0.2, 0.25) is 0 Å². The van der Waals surface area contributed by atoms with E-state index in [4.69, 9.17) is 15.6 Å². The molecule has 4 N–H and O–H groups in total. The second-order valence-electron chi connectivity index (χ2n) is 4.93. The predicted molar refractivity (Wildman–Crippen MR) is 74.5 cm³/mol. The van der Waals surface area contributed by atoms with Crippen LogP contribution in [-0.2, 0) is 4.74 Å². The molecular formula is C14H19FN2O3. The predicted octanol–water partition coefficient (Wildman–Crippen LogP) is 2.48. The maximum Gasteiger partial charge on any atom is 0.337 e. The van der Waals surface area contributed by atoms with Crippen molar-refractivity contribution in [2.75, 3.05) is 24.2 Å². The summed E-state index contributed by atoms with van der Waals surface area (Å²) < 4.78 is 19.3. The number of ether oxygens (including phenoxy) is 1. The highest BCUT2D eigenvalue weighted by Gasteiger charge is 2.15. The summed E-state index contributed by atoms with van der Waals surface area (Å²) in [6.07, 6.45) is 4.88. The molecular weight excluding hydrogens is 263 g/mol. The van der Waals surface area contributed by atoms with Crippen LogP contribution < -0.4 is 11.1 Å². The van der Waals surface area contributed by atoms with Crippen LogP contribution in [0.5, 0.6) is 0 Å². The number of hydrogen-bond acceptors (Lipinski definition) is 4. The largest absolute Gasteiger partial charge is 0.478 e. The first-order valence-electron chi connectivity index (χ1n) is 6.75. The molecule has 6 heteroatoms. The van der Waals surface area contributed by atoms with Crippen molar-refractivity contribution >= 4 is 17.3 Å². The van der Waals surface area contributed by atoms with Gasteiger partial charge in [-0.25, -0.2) is 9.18 Å². The maximum absolute atomic E-state index is 13.6. The molecule has 1 saturated carbocycles. The Labute approximate surface area is 116 Å². The van der Waals surface area contributed by atoms with Crippen molar-refractivity contribution in [3.8, 4) is 0 Å². The highest BCUT2D eigenvalue weighted by Crippen LogP contribution is 2.23.